The first kappa shape index (κ1) is 20.3. The highest BCUT2D eigenvalue weighted by atomic mass is 35.5. The molecule has 2 aliphatic heterocycles. The second-order valence-electron chi connectivity index (χ2n) is 9.58. The lowest BCUT2D eigenvalue weighted by Gasteiger charge is -2.38. The lowest BCUT2D eigenvalue weighted by Crippen LogP contribution is -2.50. The zero-order valence-electron chi connectivity index (χ0n) is 17.6. The summed E-state index contributed by atoms with van der Waals surface area (Å²) in [6.45, 7) is 6.22. The number of carbonyl (C=O) groups excluding carboxylic acids is 1. The summed E-state index contributed by atoms with van der Waals surface area (Å²) in [5, 5.41) is 3.91. The van der Waals surface area contributed by atoms with E-state index in [1.165, 1.54) is 18.4 Å². The molecule has 1 amide bonds. The summed E-state index contributed by atoms with van der Waals surface area (Å²) in [7, 11) is 0. The lowest BCUT2D eigenvalue weighted by atomic mass is 9.77. The number of fused-ring (bicyclic) bond motifs is 2. The van der Waals surface area contributed by atoms with Crippen molar-refractivity contribution in [3.05, 3.63) is 34.4 Å². The van der Waals surface area contributed by atoms with Gasteiger partial charge < -0.3 is 14.8 Å². The van der Waals surface area contributed by atoms with Crippen molar-refractivity contribution in [2.75, 3.05) is 32.8 Å². The molecule has 2 saturated carbocycles. The zero-order chi connectivity index (χ0) is 20.7. The molecule has 30 heavy (non-hydrogen) atoms. The minimum Gasteiger partial charge on any atom is -0.489 e. The van der Waals surface area contributed by atoms with Crippen LogP contribution in [-0.2, 0) is 9.53 Å². The molecule has 1 aromatic rings. The topological polar surface area (TPSA) is 50.8 Å². The van der Waals surface area contributed by atoms with Crippen LogP contribution in [0.1, 0.15) is 38.2 Å². The number of hydrogen-bond acceptors (Lipinski definition) is 4. The van der Waals surface area contributed by atoms with Crippen LogP contribution < -0.4 is 10.1 Å². The van der Waals surface area contributed by atoms with Crippen LogP contribution in [0.25, 0.3) is 6.08 Å². The van der Waals surface area contributed by atoms with Gasteiger partial charge in [-0.1, -0.05) is 11.6 Å². The van der Waals surface area contributed by atoms with Crippen molar-refractivity contribution in [1.82, 2.24) is 10.2 Å². The fourth-order valence-electron chi connectivity index (χ4n) is 5.36. The molecule has 5 rings (SSSR count). The monoisotopic (exact) mass is 430 g/mol. The van der Waals surface area contributed by atoms with Crippen LogP contribution in [0.3, 0.4) is 0 Å². The molecular weight excluding hydrogens is 400 g/mol. The van der Waals surface area contributed by atoms with Crippen LogP contribution in [0.5, 0.6) is 5.75 Å². The maximum Gasteiger partial charge on any atom is 0.217 e. The molecule has 6 heteroatoms. The van der Waals surface area contributed by atoms with Gasteiger partial charge in [0, 0.05) is 43.8 Å². The van der Waals surface area contributed by atoms with Crippen molar-refractivity contribution in [2.45, 2.75) is 44.8 Å². The quantitative estimate of drug-likeness (QED) is 0.746. The smallest absolute Gasteiger partial charge is 0.217 e. The first-order valence-corrected chi connectivity index (χ1v) is 11.6. The molecule has 2 aliphatic carbocycles. The minimum atomic E-state index is 0.0511. The molecule has 4 atom stereocenters. The second kappa shape index (κ2) is 8.52. The van der Waals surface area contributed by atoms with Gasteiger partial charge in [0.2, 0.25) is 5.91 Å². The number of amides is 1. The maximum absolute atomic E-state index is 11.7. The van der Waals surface area contributed by atoms with Crippen LogP contribution in [-0.4, -0.2) is 55.8 Å². The Morgan fingerprint density at radius 3 is 2.83 bits per heavy atom. The predicted octanol–water partition coefficient (Wildman–Crippen LogP) is 3.76. The lowest BCUT2D eigenvalue weighted by molar-refractivity contribution is -0.122. The van der Waals surface area contributed by atoms with Crippen molar-refractivity contribution in [3.8, 4) is 5.75 Å². The van der Waals surface area contributed by atoms with Gasteiger partial charge in [-0.05, 0) is 73.3 Å². The summed E-state index contributed by atoms with van der Waals surface area (Å²) >= 11 is 6.15. The van der Waals surface area contributed by atoms with Crippen LogP contribution >= 0.6 is 11.6 Å². The summed E-state index contributed by atoms with van der Waals surface area (Å²) in [5.74, 6) is 2.97. The van der Waals surface area contributed by atoms with Gasteiger partial charge in [-0.3, -0.25) is 9.69 Å². The van der Waals surface area contributed by atoms with E-state index >= 15 is 0 Å². The fourth-order valence-corrected chi connectivity index (χ4v) is 5.54. The molecule has 3 fully saturated rings. The Morgan fingerprint density at radius 1 is 1.27 bits per heavy atom. The Labute approximate surface area is 183 Å². The van der Waals surface area contributed by atoms with Crippen LogP contribution in [0.4, 0.5) is 0 Å². The van der Waals surface area contributed by atoms with Gasteiger partial charge in [-0.2, -0.15) is 0 Å². The number of carbonyl (C=O) groups is 1. The summed E-state index contributed by atoms with van der Waals surface area (Å²) in [6, 6.07) is 5.94. The number of hydrogen-bond donors (Lipinski definition) is 1. The van der Waals surface area contributed by atoms with Crippen molar-refractivity contribution in [2.24, 2.45) is 17.8 Å². The van der Waals surface area contributed by atoms with Crippen LogP contribution in [0.15, 0.2) is 23.8 Å². The van der Waals surface area contributed by atoms with Crippen molar-refractivity contribution in [1.29, 1.82) is 0 Å². The zero-order valence-corrected chi connectivity index (χ0v) is 18.4. The molecule has 5 nitrogen and oxygen atoms in total. The van der Waals surface area contributed by atoms with Gasteiger partial charge in [0.1, 0.15) is 12.4 Å². The van der Waals surface area contributed by atoms with Gasteiger partial charge in [-0.25, -0.2) is 0 Å². The Bertz CT molecular complexity index is 838. The minimum absolute atomic E-state index is 0.0511. The molecule has 4 aliphatic rings. The Morgan fingerprint density at radius 2 is 2.07 bits per heavy atom. The van der Waals surface area contributed by atoms with E-state index in [0.29, 0.717) is 18.4 Å². The van der Waals surface area contributed by atoms with E-state index in [2.05, 4.69) is 16.3 Å². The van der Waals surface area contributed by atoms with Crippen molar-refractivity contribution >= 4 is 23.6 Å². The highest BCUT2D eigenvalue weighted by Gasteiger charge is 2.43. The number of nitrogens with one attached hydrogen (secondary N) is 1. The molecule has 1 saturated heterocycles. The third-order valence-corrected chi connectivity index (χ3v) is 7.23. The fraction of sp³-hybridized carbons (Fsp3) is 0.625. The first-order chi connectivity index (χ1) is 14.5. The Hall–Kier alpha value is -1.56. The summed E-state index contributed by atoms with van der Waals surface area (Å²) in [6.07, 6.45) is 7.04. The summed E-state index contributed by atoms with van der Waals surface area (Å²) in [4.78, 5) is 14.3. The van der Waals surface area contributed by atoms with Gasteiger partial charge in [0.15, 0.2) is 0 Å². The number of ether oxygens (including phenoxy) is 2. The van der Waals surface area contributed by atoms with Crippen molar-refractivity contribution in [3.63, 3.8) is 0 Å². The van der Waals surface area contributed by atoms with E-state index in [-0.39, 0.29) is 18.1 Å². The predicted molar refractivity (Wildman–Crippen MR) is 118 cm³/mol. The first-order valence-electron chi connectivity index (χ1n) is 11.3. The van der Waals surface area contributed by atoms with Gasteiger partial charge >= 0.3 is 0 Å². The average molecular weight is 431 g/mol. The number of nitrogens with zero attached hydrogens (tertiary/aromatic N) is 1. The summed E-state index contributed by atoms with van der Waals surface area (Å²) in [5.41, 5.74) is 2.36. The van der Waals surface area contributed by atoms with Crippen LogP contribution in [0.2, 0.25) is 5.02 Å². The van der Waals surface area contributed by atoms with E-state index in [4.69, 9.17) is 21.1 Å². The molecule has 0 spiro atoms. The molecule has 162 valence electrons. The number of halogens is 1. The third-order valence-electron chi connectivity index (χ3n) is 7.00. The van der Waals surface area contributed by atoms with Gasteiger partial charge in [0.05, 0.1) is 12.1 Å². The van der Waals surface area contributed by atoms with E-state index in [9.17, 15) is 4.79 Å². The number of likely N-dealkylation sites (tertiary alicyclic amines) is 1. The molecule has 0 bridgehead atoms. The molecule has 0 radical (unpaired) electrons. The molecule has 0 unspecified atom stereocenters. The highest BCUT2D eigenvalue weighted by Crippen LogP contribution is 2.39. The maximum atomic E-state index is 11.7. The number of rotatable bonds is 6. The molecule has 2 heterocycles. The average Bonchev–Trinajstić information content (AvgIpc) is 3.45. The molecule has 1 N–H and O–H groups in total. The van der Waals surface area contributed by atoms with Crippen molar-refractivity contribution < 1.29 is 14.3 Å². The van der Waals surface area contributed by atoms with E-state index in [1.54, 1.807) is 6.92 Å². The number of benzene rings is 1. The van der Waals surface area contributed by atoms with Gasteiger partial charge in [-0.15, -0.1) is 0 Å². The SMILES string of the molecule is CC(=O)N[C@@H]1C[C@@H]2CN(CC3=Cc4cc(Cl)ccc4OC3)C[C@@H]2C[C@H]1OCC1CC1. The molecular formula is C24H31ClN2O3. The van der Waals surface area contributed by atoms with E-state index < -0.39 is 0 Å². The largest absolute Gasteiger partial charge is 0.489 e. The second-order valence-corrected chi connectivity index (χ2v) is 10.0. The van der Waals surface area contributed by atoms with Gasteiger partial charge in [0.25, 0.3) is 0 Å². The Balaban J connectivity index is 1.22. The third kappa shape index (κ3) is 4.68. The standard InChI is InChI=1S/C24H31ClN2O3/c1-15(28)26-22-8-19-11-27(12-20(19)9-24(22)30-13-16-2-3-16)10-17-6-18-7-21(25)4-5-23(18)29-14-17/h4-7,16,19-20,22,24H,2-3,8-14H2,1H3,(H,26,28)/t19-,20+,22-,24-/m1/s1. The normalized spacial score (nSPS) is 30.8. The Kier molecular flexibility index (Phi) is 5.78. The van der Waals surface area contributed by atoms with E-state index in [1.807, 2.05) is 18.2 Å². The van der Waals surface area contributed by atoms with E-state index in [0.717, 1.165) is 61.3 Å². The molecule has 0 aromatic heterocycles. The summed E-state index contributed by atoms with van der Waals surface area (Å²) < 4.78 is 12.2. The molecule has 1 aromatic carbocycles. The highest BCUT2D eigenvalue weighted by molar-refractivity contribution is 6.30. The van der Waals surface area contributed by atoms with Crippen LogP contribution in [0, 0.1) is 17.8 Å².